The highest BCUT2D eigenvalue weighted by Crippen LogP contribution is 2.32. The normalized spacial score (nSPS) is 10.9. The maximum atomic E-state index is 9.50. The Hall–Kier alpha value is -1.42. The number of phenolic OH excluding ortho intramolecular Hbond substituents is 3. The number of aromatic hydroxyl groups is 3. The molecule has 4 heteroatoms. The molecule has 0 atom stereocenters. The molecule has 0 aliphatic carbocycles. The van der Waals surface area contributed by atoms with E-state index in [2.05, 4.69) is 0 Å². The van der Waals surface area contributed by atoms with Crippen molar-refractivity contribution < 1.29 is 15.3 Å². The van der Waals surface area contributed by atoms with E-state index in [1.165, 1.54) is 12.1 Å². The van der Waals surface area contributed by atoms with Crippen LogP contribution in [-0.4, -0.2) is 40.9 Å². The van der Waals surface area contributed by atoms with Crippen LogP contribution in [0.2, 0.25) is 0 Å². The lowest BCUT2D eigenvalue weighted by Crippen LogP contribution is -2.13. The summed E-state index contributed by atoms with van der Waals surface area (Å²) < 4.78 is 0. The molecule has 1 rings (SSSR count). The fourth-order valence-electron chi connectivity index (χ4n) is 1.46. The van der Waals surface area contributed by atoms with Gasteiger partial charge in [0.2, 0.25) is 0 Å². The number of benzene rings is 1. The molecule has 0 bridgehead atoms. The molecule has 0 aliphatic rings. The zero-order valence-electron chi connectivity index (χ0n) is 9.06. The smallest absolute Gasteiger partial charge is 0.126 e. The lowest BCUT2D eigenvalue weighted by molar-refractivity contribution is 0.389. The minimum Gasteiger partial charge on any atom is -0.508 e. The first-order valence-electron chi connectivity index (χ1n) is 4.89. The third kappa shape index (κ3) is 3.32. The number of rotatable bonds is 4. The van der Waals surface area contributed by atoms with Crippen LogP contribution < -0.4 is 0 Å². The van der Waals surface area contributed by atoms with Crippen LogP contribution in [-0.2, 0) is 6.42 Å². The van der Waals surface area contributed by atoms with Gasteiger partial charge in [-0.05, 0) is 33.5 Å². The van der Waals surface area contributed by atoms with Crippen molar-refractivity contribution >= 4 is 0 Å². The van der Waals surface area contributed by atoms with Crippen molar-refractivity contribution in [1.29, 1.82) is 0 Å². The first-order chi connectivity index (χ1) is 7.00. The van der Waals surface area contributed by atoms with Gasteiger partial charge in [-0.3, -0.25) is 0 Å². The van der Waals surface area contributed by atoms with Gasteiger partial charge < -0.3 is 20.2 Å². The Morgan fingerprint density at radius 3 is 2.07 bits per heavy atom. The quantitative estimate of drug-likeness (QED) is 0.702. The van der Waals surface area contributed by atoms with Gasteiger partial charge in [-0.15, -0.1) is 0 Å². The summed E-state index contributed by atoms with van der Waals surface area (Å²) >= 11 is 0. The molecule has 0 heterocycles. The van der Waals surface area contributed by atoms with Gasteiger partial charge in [0.15, 0.2) is 0 Å². The molecule has 84 valence electrons. The van der Waals surface area contributed by atoms with Crippen molar-refractivity contribution in [3.8, 4) is 17.2 Å². The summed E-state index contributed by atoms with van der Waals surface area (Å²) in [7, 11) is 3.94. The van der Waals surface area contributed by atoms with E-state index in [0.717, 1.165) is 13.0 Å². The number of hydrogen-bond donors (Lipinski definition) is 3. The Balaban J connectivity index is 2.68. The fraction of sp³-hybridized carbons (Fsp3) is 0.455. The van der Waals surface area contributed by atoms with E-state index >= 15 is 0 Å². The Kier molecular flexibility index (Phi) is 3.80. The van der Waals surface area contributed by atoms with Crippen molar-refractivity contribution in [1.82, 2.24) is 4.90 Å². The molecule has 0 aliphatic heterocycles. The minimum atomic E-state index is -0.124. The third-order valence-electron chi connectivity index (χ3n) is 2.22. The molecule has 4 nitrogen and oxygen atoms in total. The van der Waals surface area contributed by atoms with Gasteiger partial charge in [-0.2, -0.15) is 0 Å². The van der Waals surface area contributed by atoms with Crippen molar-refractivity contribution in [2.75, 3.05) is 20.6 Å². The van der Waals surface area contributed by atoms with Gasteiger partial charge in [0.25, 0.3) is 0 Å². The number of phenols is 3. The van der Waals surface area contributed by atoms with E-state index in [-0.39, 0.29) is 17.2 Å². The van der Waals surface area contributed by atoms with Crippen LogP contribution >= 0.6 is 0 Å². The lowest BCUT2D eigenvalue weighted by atomic mass is 10.1. The Morgan fingerprint density at radius 2 is 1.60 bits per heavy atom. The Labute approximate surface area is 89.4 Å². The van der Waals surface area contributed by atoms with E-state index in [9.17, 15) is 10.2 Å². The van der Waals surface area contributed by atoms with Crippen LogP contribution in [0.5, 0.6) is 17.2 Å². The lowest BCUT2D eigenvalue weighted by Gasteiger charge is -2.11. The second-order valence-corrected chi connectivity index (χ2v) is 3.87. The molecule has 0 saturated heterocycles. The van der Waals surface area contributed by atoms with Crippen molar-refractivity contribution in [2.24, 2.45) is 0 Å². The molecule has 1 aromatic rings. The Bertz CT molecular complexity index is 314. The highest BCUT2D eigenvalue weighted by atomic mass is 16.3. The van der Waals surface area contributed by atoms with Crippen LogP contribution in [0.4, 0.5) is 0 Å². The molecular weight excluding hydrogens is 194 g/mol. The second kappa shape index (κ2) is 4.89. The first kappa shape index (κ1) is 11.7. The largest absolute Gasteiger partial charge is 0.508 e. The van der Waals surface area contributed by atoms with Crippen LogP contribution in [0.25, 0.3) is 0 Å². The van der Waals surface area contributed by atoms with Gasteiger partial charge >= 0.3 is 0 Å². The summed E-state index contributed by atoms with van der Waals surface area (Å²) in [5.41, 5.74) is 0.495. The van der Waals surface area contributed by atoms with Gasteiger partial charge in [0.05, 0.1) is 0 Å². The predicted octanol–water partition coefficient (Wildman–Crippen LogP) is 1.30. The van der Waals surface area contributed by atoms with E-state index in [4.69, 9.17) is 5.11 Å². The second-order valence-electron chi connectivity index (χ2n) is 3.87. The minimum absolute atomic E-state index is 0.0498. The van der Waals surface area contributed by atoms with Crippen LogP contribution in [0.1, 0.15) is 12.0 Å². The van der Waals surface area contributed by atoms with E-state index < -0.39 is 0 Å². The fourth-order valence-corrected chi connectivity index (χ4v) is 1.46. The number of hydrogen-bond acceptors (Lipinski definition) is 4. The molecule has 0 fully saturated rings. The van der Waals surface area contributed by atoms with Crippen LogP contribution in [0.3, 0.4) is 0 Å². The highest BCUT2D eigenvalue weighted by Gasteiger charge is 2.09. The average molecular weight is 211 g/mol. The molecule has 3 N–H and O–H groups in total. The van der Waals surface area contributed by atoms with Gasteiger partial charge in [-0.1, -0.05) is 0 Å². The molecule has 1 aromatic carbocycles. The Morgan fingerprint density at radius 1 is 1.07 bits per heavy atom. The van der Waals surface area contributed by atoms with Crippen LogP contribution in [0.15, 0.2) is 12.1 Å². The van der Waals surface area contributed by atoms with Gasteiger partial charge in [0, 0.05) is 17.7 Å². The van der Waals surface area contributed by atoms with E-state index in [1.54, 1.807) is 0 Å². The average Bonchev–Trinajstić information content (AvgIpc) is 2.08. The third-order valence-corrected chi connectivity index (χ3v) is 2.22. The zero-order valence-corrected chi connectivity index (χ0v) is 9.06. The molecule has 0 spiro atoms. The van der Waals surface area contributed by atoms with Crippen molar-refractivity contribution in [3.63, 3.8) is 0 Å². The SMILES string of the molecule is CN(C)CCCc1c(O)cc(O)cc1O. The van der Waals surface area contributed by atoms with Crippen LogP contribution in [0, 0.1) is 0 Å². The van der Waals surface area contributed by atoms with Crippen molar-refractivity contribution in [2.45, 2.75) is 12.8 Å². The standard InChI is InChI=1S/C11H17NO3/c1-12(2)5-3-4-9-10(14)6-8(13)7-11(9)15/h6-7,13-15H,3-5H2,1-2H3. The monoisotopic (exact) mass is 211 g/mol. The summed E-state index contributed by atoms with van der Waals surface area (Å²) in [6.07, 6.45) is 1.44. The molecule has 0 saturated carbocycles. The maximum Gasteiger partial charge on any atom is 0.126 e. The summed E-state index contributed by atoms with van der Waals surface area (Å²) in [6, 6.07) is 2.48. The van der Waals surface area contributed by atoms with Crippen molar-refractivity contribution in [3.05, 3.63) is 17.7 Å². The summed E-state index contributed by atoms with van der Waals surface area (Å²) in [4.78, 5) is 2.04. The molecule has 0 amide bonds. The van der Waals surface area contributed by atoms with E-state index in [1.807, 2.05) is 19.0 Å². The highest BCUT2D eigenvalue weighted by molar-refractivity contribution is 5.48. The van der Waals surface area contributed by atoms with Gasteiger partial charge in [0.1, 0.15) is 17.2 Å². The maximum absolute atomic E-state index is 9.50. The summed E-state index contributed by atoms with van der Waals surface area (Å²) in [5.74, 6) is -0.223. The molecule has 15 heavy (non-hydrogen) atoms. The number of nitrogens with zero attached hydrogens (tertiary/aromatic N) is 1. The predicted molar refractivity (Wildman–Crippen MR) is 58.3 cm³/mol. The molecule has 0 unspecified atom stereocenters. The summed E-state index contributed by atoms with van der Waals surface area (Å²) in [5, 5.41) is 28.1. The molecule has 0 radical (unpaired) electrons. The molecule has 0 aromatic heterocycles. The summed E-state index contributed by atoms with van der Waals surface area (Å²) in [6.45, 7) is 0.889. The van der Waals surface area contributed by atoms with E-state index in [0.29, 0.717) is 12.0 Å². The zero-order chi connectivity index (χ0) is 11.4. The molecular formula is C11H17NO3. The topological polar surface area (TPSA) is 63.9 Å². The first-order valence-corrected chi connectivity index (χ1v) is 4.89. The van der Waals surface area contributed by atoms with Gasteiger partial charge in [-0.25, -0.2) is 0 Å².